The van der Waals surface area contributed by atoms with Crippen molar-refractivity contribution in [2.75, 3.05) is 13.1 Å². The van der Waals surface area contributed by atoms with Crippen molar-refractivity contribution in [1.82, 2.24) is 4.90 Å². The van der Waals surface area contributed by atoms with Crippen LogP contribution in [0.5, 0.6) is 0 Å². The second-order valence-corrected chi connectivity index (χ2v) is 4.16. The number of primary amides is 2. The van der Waals surface area contributed by atoms with Crippen LogP contribution < -0.4 is 17.2 Å². The van der Waals surface area contributed by atoms with Crippen LogP contribution in [0.15, 0.2) is 29.4 Å². The molecular formula is C12H15N5O4. The molecule has 9 nitrogen and oxygen atoms in total. The third kappa shape index (κ3) is 4.49. The highest BCUT2D eigenvalue weighted by molar-refractivity contribution is 6.02. The molecular weight excluding hydrogens is 278 g/mol. The Morgan fingerprint density at radius 2 is 1.57 bits per heavy atom. The fourth-order valence-corrected chi connectivity index (χ4v) is 1.63. The van der Waals surface area contributed by atoms with Gasteiger partial charge in [-0.3, -0.25) is 14.4 Å². The van der Waals surface area contributed by atoms with Crippen LogP contribution in [-0.4, -0.2) is 46.8 Å². The number of oxime groups is 1. The molecule has 0 unspecified atom stereocenters. The summed E-state index contributed by atoms with van der Waals surface area (Å²) in [5.41, 5.74) is 15.9. The van der Waals surface area contributed by atoms with Gasteiger partial charge in [-0.15, -0.1) is 0 Å². The minimum Gasteiger partial charge on any atom is -0.409 e. The lowest BCUT2D eigenvalue weighted by molar-refractivity contribution is -0.121. The highest BCUT2D eigenvalue weighted by Gasteiger charge is 2.20. The van der Waals surface area contributed by atoms with Gasteiger partial charge in [-0.2, -0.15) is 0 Å². The van der Waals surface area contributed by atoms with E-state index in [9.17, 15) is 14.4 Å². The number of carbonyl (C=O) groups excluding carboxylic acids is 3. The van der Waals surface area contributed by atoms with E-state index in [4.69, 9.17) is 22.4 Å². The van der Waals surface area contributed by atoms with Gasteiger partial charge in [0.2, 0.25) is 11.8 Å². The molecule has 1 rings (SSSR count). The number of carbonyl (C=O) groups is 3. The Morgan fingerprint density at radius 1 is 1.05 bits per heavy atom. The maximum Gasteiger partial charge on any atom is 0.254 e. The van der Waals surface area contributed by atoms with Crippen molar-refractivity contribution < 1.29 is 19.6 Å². The lowest BCUT2D eigenvalue weighted by Gasteiger charge is -2.19. The summed E-state index contributed by atoms with van der Waals surface area (Å²) in [7, 11) is 0. The quantitative estimate of drug-likeness (QED) is 0.210. The van der Waals surface area contributed by atoms with Crippen LogP contribution in [0.3, 0.4) is 0 Å². The zero-order valence-electron chi connectivity index (χ0n) is 11.0. The van der Waals surface area contributed by atoms with Crippen LogP contribution in [0.25, 0.3) is 0 Å². The molecule has 3 amide bonds. The van der Waals surface area contributed by atoms with E-state index in [-0.39, 0.29) is 11.4 Å². The number of amides is 3. The summed E-state index contributed by atoms with van der Waals surface area (Å²) < 4.78 is 0. The lowest BCUT2D eigenvalue weighted by atomic mass is 10.1. The van der Waals surface area contributed by atoms with Crippen LogP contribution >= 0.6 is 0 Å². The standard InChI is InChI=1S/C12H15N5O4/c13-9(18)5-17(6-10(14)19)12(20)8-3-1-2-7(4-8)11(15)16-21/h1-4,21H,5-6H2,(H2,13,18)(H2,14,19)(H2,15,16). The fraction of sp³-hybridized carbons (Fsp3) is 0.167. The minimum absolute atomic E-state index is 0.140. The summed E-state index contributed by atoms with van der Waals surface area (Å²) >= 11 is 0. The molecule has 0 aliphatic heterocycles. The smallest absolute Gasteiger partial charge is 0.254 e. The van der Waals surface area contributed by atoms with E-state index in [2.05, 4.69) is 5.16 Å². The number of hydrogen-bond donors (Lipinski definition) is 4. The van der Waals surface area contributed by atoms with Crippen molar-refractivity contribution in [3.8, 4) is 0 Å². The largest absolute Gasteiger partial charge is 0.409 e. The van der Waals surface area contributed by atoms with Gasteiger partial charge < -0.3 is 27.3 Å². The number of hydrogen-bond acceptors (Lipinski definition) is 5. The molecule has 0 aliphatic rings. The average molecular weight is 293 g/mol. The molecule has 0 spiro atoms. The van der Waals surface area contributed by atoms with Crippen molar-refractivity contribution in [3.05, 3.63) is 35.4 Å². The average Bonchev–Trinajstić information content (AvgIpc) is 2.44. The Hall–Kier alpha value is -3.10. The minimum atomic E-state index is -0.780. The maximum atomic E-state index is 12.2. The fourth-order valence-electron chi connectivity index (χ4n) is 1.63. The molecule has 112 valence electrons. The molecule has 9 heteroatoms. The first kappa shape index (κ1) is 16.0. The normalized spacial score (nSPS) is 11.0. The lowest BCUT2D eigenvalue weighted by Crippen LogP contribution is -2.43. The first-order chi connectivity index (χ1) is 9.85. The van der Waals surface area contributed by atoms with E-state index in [1.54, 1.807) is 0 Å². The van der Waals surface area contributed by atoms with Crippen molar-refractivity contribution >= 4 is 23.6 Å². The van der Waals surface area contributed by atoms with Gasteiger partial charge in [0, 0.05) is 11.1 Å². The first-order valence-electron chi connectivity index (χ1n) is 5.79. The van der Waals surface area contributed by atoms with Crippen LogP contribution in [0.2, 0.25) is 0 Å². The highest BCUT2D eigenvalue weighted by atomic mass is 16.4. The Kier molecular flexibility index (Phi) is 5.24. The van der Waals surface area contributed by atoms with E-state index in [1.165, 1.54) is 24.3 Å². The van der Waals surface area contributed by atoms with E-state index >= 15 is 0 Å². The molecule has 0 aromatic heterocycles. The van der Waals surface area contributed by atoms with Gasteiger partial charge in [0.25, 0.3) is 5.91 Å². The van der Waals surface area contributed by atoms with Crippen molar-refractivity contribution in [1.29, 1.82) is 0 Å². The summed E-state index contributed by atoms with van der Waals surface area (Å²) in [5, 5.41) is 11.4. The monoisotopic (exact) mass is 293 g/mol. The number of nitrogens with zero attached hydrogens (tertiary/aromatic N) is 2. The zero-order chi connectivity index (χ0) is 16.0. The number of benzene rings is 1. The summed E-state index contributed by atoms with van der Waals surface area (Å²) in [6.07, 6.45) is 0. The Bertz CT molecular complexity index is 583. The Morgan fingerprint density at radius 3 is 2.05 bits per heavy atom. The van der Waals surface area contributed by atoms with E-state index in [0.29, 0.717) is 5.56 Å². The van der Waals surface area contributed by atoms with Gasteiger partial charge in [0.1, 0.15) is 13.1 Å². The van der Waals surface area contributed by atoms with Gasteiger partial charge in [-0.25, -0.2) is 0 Å². The van der Waals surface area contributed by atoms with Crippen molar-refractivity contribution in [2.45, 2.75) is 0 Å². The third-order valence-electron chi connectivity index (χ3n) is 2.49. The number of nitrogens with two attached hydrogens (primary N) is 3. The molecule has 0 radical (unpaired) electrons. The predicted molar refractivity (Wildman–Crippen MR) is 73.2 cm³/mol. The number of rotatable bonds is 6. The topological polar surface area (TPSA) is 165 Å². The van der Waals surface area contributed by atoms with E-state index < -0.39 is 30.8 Å². The highest BCUT2D eigenvalue weighted by Crippen LogP contribution is 2.08. The molecule has 0 saturated carbocycles. The molecule has 0 saturated heterocycles. The number of amidine groups is 1. The molecule has 0 heterocycles. The Balaban J connectivity index is 3.08. The van der Waals surface area contributed by atoms with Crippen LogP contribution in [-0.2, 0) is 9.59 Å². The predicted octanol–water partition coefficient (Wildman–Crippen LogP) is -1.81. The van der Waals surface area contributed by atoms with E-state index in [0.717, 1.165) is 4.90 Å². The summed E-state index contributed by atoms with van der Waals surface area (Å²) in [5.74, 6) is -2.37. The van der Waals surface area contributed by atoms with Gasteiger partial charge in [0.05, 0.1) is 0 Å². The van der Waals surface area contributed by atoms with Gasteiger partial charge in [-0.1, -0.05) is 17.3 Å². The van der Waals surface area contributed by atoms with E-state index in [1.807, 2.05) is 0 Å². The molecule has 0 bridgehead atoms. The van der Waals surface area contributed by atoms with Crippen LogP contribution in [0, 0.1) is 0 Å². The molecule has 7 N–H and O–H groups in total. The first-order valence-corrected chi connectivity index (χ1v) is 5.79. The second-order valence-electron chi connectivity index (χ2n) is 4.16. The van der Waals surface area contributed by atoms with Gasteiger partial charge in [-0.05, 0) is 12.1 Å². The Labute approximate surface area is 120 Å². The molecule has 0 fully saturated rings. The SMILES string of the molecule is NC(=O)CN(CC(N)=O)C(=O)c1cccc(C(N)=NO)c1. The second kappa shape index (κ2) is 6.89. The molecule has 21 heavy (non-hydrogen) atoms. The van der Waals surface area contributed by atoms with Gasteiger partial charge >= 0.3 is 0 Å². The molecule has 0 aliphatic carbocycles. The van der Waals surface area contributed by atoms with Crippen molar-refractivity contribution in [3.63, 3.8) is 0 Å². The molecule has 0 atom stereocenters. The third-order valence-corrected chi connectivity index (χ3v) is 2.49. The summed E-state index contributed by atoms with van der Waals surface area (Å²) in [6.45, 7) is -0.898. The van der Waals surface area contributed by atoms with Gasteiger partial charge in [0.15, 0.2) is 5.84 Å². The summed E-state index contributed by atoms with van der Waals surface area (Å²) in [6, 6.07) is 5.84. The maximum absolute atomic E-state index is 12.2. The molecule has 1 aromatic rings. The van der Waals surface area contributed by atoms with Crippen LogP contribution in [0.4, 0.5) is 0 Å². The van der Waals surface area contributed by atoms with Crippen molar-refractivity contribution in [2.24, 2.45) is 22.4 Å². The summed E-state index contributed by atoms with van der Waals surface area (Å²) in [4.78, 5) is 35.1. The molecule has 1 aromatic carbocycles. The van der Waals surface area contributed by atoms with Crippen LogP contribution in [0.1, 0.15) is 15.9 Å². The zero-order valence-corrected chi connectivity index (χ0v) is 11.0.